The molecule has 0 spiro atoms. The van der Waals surface area contributed by atoms with Crippen LogP contribution < -0.4 is 0 Å². The van der Waals surface area contributed by atoms with Crippen LogP contribution in [0.3, 0.4) is 0 Å². The predicted octanol–water partition coefficient (Wildman–Crippen LogP) is 2.45. The summed E-state index contributed by atoms with van der Waals surface area (Å²) in [6.07, 6.45) is 3.47. The number of carbonyl (C=O) groups is 1. The van der Waals surface area contributed by atoms with Gasteiger partial charge in [0, 0.05) is 5.57 Å². The van der Waals surface area contributed by atoms with E-state index in [1.54, 1.807) is 6.08 Å². The van der Waals surface area contributed by atoms with Gasteiger partial charge in [-0.3, -0.25) is 0 Å². The molecule has 0 heterocycles. The number of carboxylic acids is 1. The Balaban J connectivity index is 4.34. The fourth-order valence-corrected chi connectivity index (χ4v) is 0.939. The first kappa shape index (κ1) is 10.2. The Hall–Kier alpha value is -0.790. The quantitative estimate of drug-likeness (QED) is 0.635. The van der Waals surface area contributed by atoms with Gasteiger partial charge in [-0.25, -0.2) is 4.79 Å². The van der Waals surface area contributed by atoms with Gasteiger partial charge in [0.15, 0.2) is 0 Å². The molecule has 0 rings (SSSR count). The van der Waals surface area contributed by atoms with Gasteiger partial charge >= 0.3 is 5.97 Å². The second-order valence-electron chi connectivity index (χ2n) is 2.68. The first-order chi connectivity index (χ1) is 5.13. The molecule has 1 unspecified atom stereocenters. The van der Waals surface area contributed by atoms with Crippen LogP contribution in [-0.2, 0) is 4.79 Å². The maximum atomic E-state index is 10.6. The molecule has 0 aliphatic carbocycles. The van der Waals surface area contributed by atoms with Gasteiger partial charge in [0.25, 0.3) is 0 Å². The molecule has 0 amide bonds. The van der Waals surface area contributed by atoms with E-state index in [0.29, 0.717) is 5.57 Å². The van der Waals surface area contributed by atoms with Crippen molar-refractivity contribution in [2.45, 2.75) is 33.6 Å². The minimum Gasteiger partial charge on any atom is -0.478 e. The molecule has 11 heavy (non-hydrogen) atoms. The molecule has 1 N–H and O–H groups in total. The molecule has 0 aromatic heterocycles. The Morgan fingerprint density at radius 1 is 1.55 bits per heavy atom. The molecule has 0 aliphatic heterocycles. The van der Waals surface area contributed by atoms with Crippen molar-refractivity contribution < 1.29 is 9.90 Å². The van der Waals surface area contributed by atoms with Crippen molar-refractivity contribution in [2.75, 3.05) is 0 Å². The topological polar surface area (TPSA) is 37.3 Å². The van der Waals surface area contributed by atoms with E-state index in [9.17, 15) is 4.79 Å². The summed E-state index contributed by atoms with van der Waals surface area (Å²) in [4.78, 5) is 10.6. The van der Waals surface area contributed by atoms with Gasteiger partial charge in [-0.05, 0) is 18.8 Å². The molecular weight excluding hydrogens is 140 g/mol. The van der Waals surface area contributed by atoms with Crippen molar-refractivity contribution in [2.24, 2.45) is 5.92 Å². The highest BCUT2D eigenvalue weighted by Crippen LogP contribution is 2.14. The fraction of sp³-hybridized carbons (Fsp3) is 0.667. The van der Waals surface area contributed by atoms with Crippen molar-refractivity contribution in [3.63, 3.8) is 0 Å². The van der Waals surface area contributed by atoms with Gasteiger partial charge in [-0.1, -0.05) is 26.8 Å². The highest BCUT2D eigenvalue weighted by Gasteiger charge is 2.12. The third-order valence-electron chi connectivity index (χ3n) is 1.81. The average Bonchev–Trinajstić information content (AvgIpc) is 1.98. The molecule has 64 valence electrons. The van der Waals surface area contributed by atoms with Gasteiger partial charge < -0.3 is 5.11 Å². The zero-order valence-electron chi connectivity index (χ0n) is 7.42. The van der Waals surface area contributed by atoms with Crippen molar-refractivity contribution in [1.82, 2.24) is 0 Å². The lowest BCUT2D eigenvalue weighted by Crippen LogP contribution is -2.08. The van der Waals surface area contributed by atoms with Crippen LogP contribution in [0, 0.1) is 5.92 Å². The van der Waals surface area contributed by atoms with E-state index in [1.807, 2.05) is 20.8 Å². The van der Waals surface area contributed by atoms with Gasteiger partial charge in [0.05, 0.1) is 0 Å². The number of allylic oxidation sites excluding steroid dienone is 1. The summed E-state index contributed by atoms with van der Waals surface area (Å²) in [7, 11) is 0. The Labute approximate surface area is 67.9 Å². The predicted molar refractivity (Wildman–Crippen MR) is 45.5 cm³/mol. The van der Waals surface area contributed by atoms with Crippen molar-refractivity contribution in [3.05, 3.63) is 11.6 Å². The minimum atomic E-state index is -0.777. The minimum absolute atomic E-state index is 0.174. The average molecular weight is 156 g/mol. The van der Waals surface area contributed by atoms with E-state index in [2.05, 4.69) is 0 Å². The van der Waals surface area contributed by atoms with Gasteiger partial charge in [0.2, 0.25) is 0 Å². The molecule has 2 nitrogen and oxygen atoms in total. The molecule has 2 heteroatoms. The van der Waals surface area contributed by atoms with E-state index in [0.717, 1.165) is 12.8 Å². The van der Waals surface area contributed by atoms with Crippen LogP contribution in [0.5, 0.6) is 0 Å². The van der Waals surface area contributed by atoms with E-state index < -0.39 is 5.97 Å². The van der Waals surface area contributed by atoms with Crippen LogP contribution in [0.1, 0.15) is 33.6 Å². The molecule has 0 radical (unpaired) electrons. The Bertz CT molecular complexity index is 159. The Kier molecular flexibility index (Phi) is 4.59. The number of aliphatic carboxylic acids is 1. The second-order valence-corrected chi connectivity index (χ2v) is 2.68. The van der Waals surface area contributed by atoms with Gasteiger partial charge in [0.1, 0.15) is 0 Å². The van der Waals surface area contributed by atoms with E-state index in [1.165, 1.54) is 0 Å². The lowest BCUT2D eigenvalue weighted by Gasteiger charge is -2.08. The van der Waals surface area contributed by atoms with E-state index >= 15 is 0 Å². The van der Waals surface area contributed by atoms with Crippen LogP contribution in [0.15, 0.2) is 11.6 Å². The van der Waals surface area contributed by atoms with Crippen molar-refractivity contribution in [1.29, 1.82) is 0 Å². The number of hydrogen-bond acceptors (Lipinski definition) is 1. The smallest absolute Gasteiger partial charge is 0.331 e. The molecule has 0 saturated heterocycles. The SMILES string of the molecule is CC/C=C(/C(=O)O)C(C)CC. The van der Waals surface area contributed by atoms with E-state index in [-0.39, 0.29) is 5.92 Å². The van der Waals surface area contributed by atoms with Crippen LogP contribution in [-0.4, -0.2) is 11.1 Å². The maximum absolute atomic E-state index is 10.6. The molecular formula is C9H16O2. The van der Waals surface area contributed by atoms with Gasteiger partial charge in [-0.2, -0.15) is 0 Å². The van der Waals surface area contributed by atoms with Crippen molar-refractivity contribution in [3.8, 4) is 0 Å². The molecule has 0 bridgehead atoms. The number of rotatable bonds is 4. The Morgan fingerprint density at radius 3 is 2.36 bits per heavy atom. The molecule has 0 aromatic carbocycles. The lowest BCUT2D eigenvalue weighted by atomic mass is 9.98. The summed E-state index contributed by atoms with van der Waals surface area (Å²) in [6.45, 7) is 5.89. The lowest BCUT2D eigenvalue weighted by molar-refractivity contribution is -0.133. The summed E-state index contributed by atoms with van der Waals surface area (Å²) < 4.78 is 0. The maximum Gasteiger partial charge on any atom is 0.331 e. The largest absolute Gasteiger partial charge is 0.478 e. The van der Waals surface area contributed by atoms with Crippen molar-refractivity contribution >= 4 is 5.97 Å². The Morgan fingerprint density at radius 2 is 2.09 bits per heavy atom. The fourth-order valence-electron chi connectivity index (χ4n) is 0.939. The first-order valence-corrected chi connectivity index (χ1v) is 4.06. The molecule has 1 atom stereocenters. The molecule has 0 aliphatic rings. The van der Waals surface area contributed by atoms with Gasteiger partial charge in [-0.15, -0.1) is 0 Å². The molecule has 0 saturated carbocycles. The summed E-state index contributed by atoms with van der Waals surface area (Å²) in [5.74, 6) is -0.603. The number of hydrogen-bond donors (Lipinski definition) is 1. The standard InChI is InChI=1S/C9H16O2/c1-4-6-8(9(10)11)7(3)5-2/h6-7H,4-5H2,1-3H3,(H,10,11)/b8-6+. The number of carboxylic acid groups (broad SMARTS) is 1. The second kappa shape index (κ2) is 4.94. The summed E-state index contributed by atoms with van der Waals surface area (Å²) in [5.41, 5.74) is 0.551. The third-order valence-corrected chi connectivity index (χ3v) is 1.81. The summed E-state index contributed by atoms with van der Waals surface area (Å²) >= 11 is 0. The van der Waals surface area contributed by atoms with E-state index in [4.69, 9.17) is 5.11 Å². The highest BCUT2D eigenvalue weighted by molar-refractivity contribution is 5.86. The van der Waals surface area contributed by atoms with Crippen LogP contribution >= 0.6 is 0 Å². The first-order valence-electron chi connectivity index (χ1n) is 4.06. The third kappa shape index (κ3) is 3.21. The highest BCUT2D eigenvalue weighted by atomic mass is 16.4. The molecule has 0 aromatic rings. The normalized spacial score (nSPS) is 14.6. The zero-order chi connectivity index (χ0) is 8.85. The zero-order valence-corrected chi connectivity index (χ0v) is 7.42. The van der Waals surface area contributed by atoms with Crippen LogP contribution in [0.25, 0.3) is 0 Å². The molecule has 0 fully saturated rings. The summed E-state index contributed by atoms with van der Waals surface area (Å²) in [6, 6.07) is 0. The van der Waals surface area contributed by atoms with Crippen LogP contribution in [0.2, 0.25) is 0 Å². The monoisotopic (exact) mass is 156 g/mol. The summed E-state index contributed by atoms with van der Waals surface area (Å²) in [5, 5.41) is 8.74. The van der Waals surface area contributed by atoms with Crippen LogP contribution in [0.4, 0.5) is 0 Å².